The van der Waals surface area contributed by atoms with E-state index in [2.05, 4.69) is 0 Å². The van der Waals surface area contributed by atoms with Crippen LogP contribution in [0.4, 0.5) is 4.39 Å². The van der Waals surface area contributed by atoms with Gasteiger partial charge in [0, 0.05) is 12.1 Å². The maximum atomic E-state index is 13.7. The molecule has 3 heteroatoms. The number of hydrogen-bond donors (Lipinski definition) is 1. The average molecular weight is 197 g/mol. The molecule has 0 fully saturated rings. The van der Waals surface area contributed by atoms with Crippen LogP contribution in [0.15, 0.2) is 24.3 Å². The van der Waals surface area contributed by atoms with E-state index in [9.17, 15) is 4.39 Å². The molecule has 78 valence electrons. The predicted octanol–water partition coefficient (Wildman–Crippen LogP) is 2.23. The van der Waals surface area contributed by atoms with Crippen LogP contribution in [0.5, 0.6) is 5.75 Å². The maximum Gasteiger partial charge on any atom is 0.134 e. The lowest BCUT2D eigenvalue weighted by Gasteiger charge is -2.18. The molecule has 0 saturated carbocycles. The summed E-state index contributed by atoms with van der Waals surface area (Å²) in [5.74, 6) is 0.574. The highest BCUT2D eigenvalue weighted by atomic mass is 19.1. The summed E-state index contributed by atoms with van der Waals surface area (Å²) in [6.07, 6.45) is 0. The first kappa shape index (κ1) is 11.0. The fraction of sp³-hybridized carbons (Fsp3) is 0.455. The highest BCUT2D eigenvalue weighted by Crippen LogP contribution is 2.32. The second-order valence-electron chi connectivity index (χ2n) is 3.61. The van der Waals surface area contributed by atoms with E-state index in [4.69, 9.17) is 10.5 Å². The lowest BCUT2D eigenvalue weighted by Crippen LogP contribution is -2.15. The van der Waals surface area contributed by atoms with Crippen LogP contribution in [-0.4, -0.2) is 13.2 Å². The number of rotatable bonds is 4. The monoisotopic (exact) mass is 197 g/mol. The Morgan fingerprint density at radius 2 is 2.00 bits per heavy atom. The summed E-state index contributed by atoms with van der Waals surface area (Å²) >= 11 is 0. The molecule has 0 saturated heterocycles. The Bertz CT molecular complexity index is 294. The first-order chi connectivity index (χ1) is 6.55. The van der Waals surface area contributed by atoms with Crippen molar-refractivity contribution in [3.05, 3.63) is 29.8 Å². The highest BCUT2D eigenvalue weighted by molar-refractivity contribution is 5.37. The molecule has 2 N–H and O–H groups in total. The third kappa shape index (κ3) is 2.70. The van der Waals surface area contributed by atoms with Gasteiger partial charge in [0.15, 0.2) is 0 Å². The van der Waals surface area contributed by atoms with Gasteiger partial charge in [-0.15, -0.1) is 0 Å². The normalized spacial score (nSPS) is 11.4. The maximum absolute atomic E-state index is 13.7. The van der Waals surface area contributed by atoms with E-state index in [0.717, 1.165) is 0 Å². The molecule has 1 aromatic rings. The van der Waals surface area contributed by atoms with Gasteiger partial charge in [-0.05, 0) is 19.9 Å². The van der Waals surface area contributed by atoms with E-state index < -0.39 is 5.67 Å². The van der Waals surface area contributed by atoms with Gasteiger partial charge in [0.05, 0.1) is 0 Å². The summed E-state index contributed by atoms with van der Waals surface area (Å²) in [5, 5.41) is 0. The summed E-state index contributed by atoms with van der Waals surface area (Å²) in [6.45, 7) is 3.86. The highest BCUT2D eigenvalue weighted by Gasteiger charge is 2.22. The second kappa shape index (κ2) is 4.42. The Hall–Kier alpha value is -1.09. The molecule has 0 unspecified atom stereocenters. The topological polar surface area (TPSA) is 35.2 Å². The van der Waals surface area contributed by atoms with E-state index in [1.807, 2.05) is 6.07 Å². The summed E-state index contributed by atoms with van der Waals surface area (Å²) in [6, 6.07) is 7.10. The Morgan fingerprint density at radius 3 is 2.57 bits per heavy atom. The molecule has 2 nitrogen and oxygen atoms in total. The third-order valence-electron chi connectivity index (χ3n) is 1.90. The molecule has 0 heterocycles. The second-order valence-corrected chi connectivity index (χ2v) is 3.61. The molecule has 14 heavy (non-hydrogen) atoms. The fourth-order valence-electron chi connectivity index (χ4n) is 1.25. The van der Waals surface area contributed by atoms with Crippen molar-refractivity contribution >= 4 is 0 Å². The lowest BCUT2D eigenvalue weighted by atomic mass is 9.99. The molecule has 0 atom stereocenters. The third-order valence-corrected chi connectivity index (χ3v) is 1.90. The van der Waals surface area contributed by atoms with Gasteiger partial charge in [-0.1, -0.05) is 18.2 Å². The van der Waals surface area contributed by atoms with Crippen LogP contribution in [0.3, 0.4) is 0 Å². The molecule has 0 aliphatic carbocycles. The summed E-state index contributed by atoms with van der Waals surface area (Å²) in [4.78, 5) is 0. The number of nitrogens with two attached hydrogens (primary N) is 1. The minimum Gasteiger partial charge on any atom is -0.492 e. The van der Waals surface area contributed by atoms with Crippen LogP contribution in [-0.2, 0) is 5.67 Å². The molecule has 0 aliphatic heterocycles. The van der Waals surface area contributed by atoms with Crippen LogP contribution in [0.25, 0.3) is 0 Å². The number of para-hydroxylation sites is 1. The molecule has 0 amide bonds. The van der Waals surface area contributed by atoms with Gasteiger partial charge in [0.1, 0.15) is 18.0 Å². The van der Waals surface area contributed by atoms with Crippen molar-refractivity contribution in [1.29, 1.82) is 0 Å². The zero-order valence-electron chi connectivity index (χ0n) is 8.59. The molecule has 0 radical (unpaired) electrons. The summed E-state index contributed by atoms with van der Waals surface area (Å²) in [5.41, 5.74) is 4.50. The summed E-state index contributed by atoms with van der Waals surface area (Å²) in [7, 11) is 0. The van der Waals surface area contributed by atoms with E-state index in [1.54, 1.807) is 18.2 Å². The SMILES string of the molecule is CC(C)(F)c1ccccc1OCCN. The standard InChI is InChI=1S/C11H16FNO/c1-11(2,12)9-5-3-4-6-10(9)14-8-7-13/h3-6H,7-8,13H2,1-2H3. The van der Waals surface area contributed by atoms with Crippen molar-refractivity contribution < 1.29 is 9.13 Å². The van der Waals surface area contributed by atoms with Gasteiger partial charge < -0.3 is 10.5 Å². The smallest absolute Gasteiger partial charge is 0.134 e. The van der Waals surface area contributed by atoms with Crippen LogP contribution >= 0.6 is 0 Å². The Kier molecular flexibility index (Phi) is 3.47. The van der Waals surface area contributed by atoms with E-state index in [0.29, 0.717) is 24.5 Å². The summed E-state index contributed by atoms with van der Waals surface area (Å²) < 4.78 is 19.0. The van der Waals surface area contributed by atoms with Gasteiger partial charge >= 0.3 is 0 Å². The van der Waals surface area contributed by atoms with Gasteiger partial charge in [0.2, 0.25) is 0 Å². The molecular weight excluding hydrogens is 181 g/mol. The minimum atomic E-state index is -1.38. The molecule has 1 rings (SSSR count). The van der Waals surface area contributed by atoms with E-state index >= 15 is 0 Å². The van der Waals surface area contributed by atoms with Crippen LogP contribution in [0, 0.1) is 0 Å². The number of alkyl halides is 1. The Morgan fingerprint density at radius 1 is 1.36 bits per heavy atom. The van der Waals surface area contributed by atoms with Crippen molar-refractivity contribution in [3.8, 4) is 5.75 Å². The first-order valence-corrected chi connectivity index (χ1v) is 4.67. The number of benzene rings is 1. The quantitative estimate of drug-likeness (QED) is 0.803. The number of ether oxygens (including phenoxy) is 1. The van der Waals surface area contributed by atoms with E-state index in [-0.39, 0.29) is 0 Å². The molecule has 0 aromatic heterocycles. The Balaban J connectivity index is 2.92. The van der Waals surface area contributed by atoms with E-state index in [1.165, 1.54) is 13.8 Å². The van der Waals surface area contributed by atoms with Gasteiger partial charge in [-0.25, -0.2) is 4.39 Å². The zero-order chi connectivity index (χ0) is 10.6. The lowest BCUT2D eigenvalue weighted by molar-refractivity contribution is 0.209. The first-order valence-electron chi connectivity index (χ1n) is 4.67. The average Bonchev–Trinajstić information content (AvgIpc) is 2.14. The van der Waals surface area contributed by atoms with Crippen molar-refractivity contribution in [2.24, 2.45) is 5.73 Å². The molecule has 0 bridgehead atoms. The van der Waals surface area contributed by atoms with Crippen molar-refractivity contribution in [1.82, 2.24) is 0 Å². The molecule has 0 spiro atoms. The minimum absolute atomic E-state index is 0.410. The molecule has 0 aliphatic rings. The fourth-order valence-corrected chi connectivity index (χ4v) is 1.25. The number of halogens is 1. The largest absolute Gasteiger partial charge is 0.492 e. The molecule has 1 aromatic carbocycles. The van der Waals surface area contributed by atoms with Crippen molar-refractivity contribution in [2.75, 3.05) is 13.2 Å². The Labute approximate surface area is 83.9 Å². The predicted molar refractivity (Wildman–Crippen MR) is 55.1 cm³/mol. The van der Waals surface area contributed by atoms with Crippen LogP contribution < -0.4 is 10.5 Å². The molecular formula is C11H16FNO. The van der Waals surface area contributed by atoms with Gasteiger partial charge in [-0.2, -0.15) is 0 Å². The van der Waals surface area contributed by atoms with Crippen molar-refractivity contribution in [3.63, 3.8) is 0 Å². The zero-order valence-corrected chi connectivity index (χ0v) is 8.59. The van der Waals surface area contributed by atoms with Gasteiger partial charge in [-0.3, -0.25) is 0 Å². The van der Waals surface area contributed by atoms with Crippen molar-refractivity contribution in [2.45, 2.75) is 19.5 Å². The number of hydrogen-bond acceptors (Lipinski definition) is 2. The van der Waals surface area contributed by atoms with Crippen LogP contribution in [0.1, 0.15) is 19.4 Å². The van der Waals surface area contributed by atoms with Crippen LogP contribution in [0.2, 0.25) is 0 Å². The van der Waals surface area contributed by atoms with Gasteiger partial charge in [0.25, 0.3) is 0 Å².